The molecule has 0 amide bonds. The van der Waals surface area contributed by atoms with Gasteiger partial charge in [0.25, 0.3) is 0 Å². The molecular weight excluding hydrogens is 164 g/mol. The average Bonchev–Trinajstić information content (AvgIpc) is 2.06. The van der Waals surface area contributed by atoms with Crippen LogP contribution in [-0.2, 0) is 4.79 Å². The summed E-state index contributed by atoms with van der Waals surface area (Å²) in [5, 5.41) is 10.1. The van der Waals surface area contributed by atoms with Gasteiger partial charge in [-0.25, -0.2) is 0 Å². The molecule has 2 fully saturated rings. The van der Waals surface area contributed by atoms with Crippen molar-refractivity contribution in [2.75, 3.05) is 0 Å². The number of carbonyl (C=O) groups is 1. The van der Waals surface area contributed by atoms with Crippen molar-refractivity contribution >= 4 is 5.78 Å². The summed E-state index contributed by atoms with van der Waals surface area (Å²) in [5.74, 6) is 0.830. The Balaban J connectivity index is 2.19. The van der Waals surface area contributed by atoms with Crippen LogP contribution >= 0.6 is 0 Å². The van der Waals surface area contributed by atoms with Crippen molar-refractivity contribution in [3.05, 3.63) is 0 Å². The Morgan fingerprint density at radius 3 is 2.85 bits per heavy atom. The lowest BCUT2D eigenvalue weighted by molar-refractivity contribution is -0.138. The predicted molar refractivity (Wildman–Crippen MR) is 50.3 cm³/mol. The Bertz CT molecular complexity index is 220. The second-order valence-electron chi connectivity index (χ2n) is 4.82. The second kappa shape index (κ2) is 3.09. The lowest BCUT2D eigenvalue weighted by Crippen LogP contribution is -2.47. The van der Waals surface area contributed by atoms with Crippen LogP contribution in [0.1, 0.15) is 45.4 Å². The van der Waals surface area contributed by atoms with E-state index >= 15 is 0 Å². The number of rotatable bonds is 0. The summed E-state index contributed by atoms with van der Waals surface area (Å²) < 4.78 is 0. The molecule has 0 saturated heterocycles. The van der Waals surface area contributed by atoms with E-state index in [1.165, 1.54) is 0 Å². The molecule has 0 aromatic carbocycles. The van der Waals surface area contributed by atoms with Crippen LogP contribution in [0.3, 0.4) is 0 Å². The van der Waals surface area contributed by atoms with Crippen LogP contribution < -0.4 is 0 Å². The van der Waals surface area contributed by atoms with E-state index in [1.54, 1.807) is 0 Å². The number of hydrogen-bond donors (Lipinski definition) is 1. The molecule has 2 aliphatic carbocycles. The maximum absolute atomic E-state index is 11.6. The third kappa shape index (κ3) is 1.52. The minimum Gasteiger partial charge on any atom is -0.390 e. The van der Waals surface area contributed by atoms with Crippen LogP contribution in [0, 0.1) is 11.8 Å². The summed E-state index contributed by atoms with van der Waals surface area (Å²) in [7, 11) is 0. The quantitative estimate of drug-likeness (QED) is 0.621. The summed E-state index contributed by atoms with van der Waals surface area (Å²) in [6.07, 6.45) is 5.68. The predicted octanol–water partition coefficient (Wildman–Crippen LogP) is 1.91. The van der Waals surface area contributed by atoms with Crippen molar-refractivity contribution in [3.63, 3.8) is 0 Å². The minimum atomic E-state index is -0.570. The Kier molecular flexibility index (Phi) is 2.18. The largest absolute Gasteiger partial charge is 0.390 e. The molecule has 2 rings (SSSR count). The highest BCUT2D eigenvalue weighted by atomic mass is 16.3. The van der Waals surface area contributed by atoms with Gasteiger partial charge in [0.05, 0.1) is 5.60 Å². The molecule has 2 aliphatic rings. The van der Waals surface area contributed by atoms with Gasteiger partial charge in [-0.1, -0.05) is 0 Å². The SMILES string of the molecule is C[C@]1(O)CCC[C@H]2C(=O)CCC[C@@H]21. The van der Waals surface area contributed by atoms with Gasteiger partial charge in [-0.15, -0.1) is 0 Å². The maximum Gasteiger partial charge on any atom is 0.136 e. The highest BCUT2D eigenvalue weighted by Gasteiger charge is 2.44. The molecule has 2 saturated carbocycles. The smallest absolute Gasteiger partial charge is 0.136 e. The van der Waals surface area contributed by atoms with Crippen LogP contribution in [0.15, 0.2) is 0 Å². The zero-order chi connectivity index (χ0) is 9.47. The van der Waals surface area contributed by atoms with E-state index in [-0.39, 0.29) is 11.8 Å². The van der Waals surface area contributed by atoms with Crippen LogP contribution in [0.5, 0.6) is 0 Å². The van der Waals surface area contributed by atoms with Gasteiger partial charge in [-0.2, -0.15) is 0 Å². The fourth-order valence-corrected chi connectivity index (χ4v) is 3.08. The van der Waals surface area contributed by atoms with Crippen molar-refractivity contribution < 1.29 is 9.90 Å². The first-order valence-corrected chi connectivity index (χ1v) is 5.36. The van der Waals surface area contributed by atoms with E-state index in [1.807, 2.05) is 6.92 Å². The molecule has 0 aromatic heterocycles. The summed E-state index contributed by atoms with van der Waals surface area (Å²) in [6.45, 7) is 1.91. The zero-order valence-electron chi connectivity index (χ0n) is 8.25. The molecule has 1 N–H and O–H groups in total. The van der Waals surface area contributed by atoms with Crippen molar-refractivity contribution in [1.82, 2.24) is 0 Å². The first kappa shape index (κ1) is 9.20. The van der Waals surface area contributed by atoms with Gasteiger partial charge < -0.3 is 5.11 Å². The third-order valence-corrected chi connectivity index (χ3v) is 3.83. The molecule has 3 atom stereocenters. The molecule has 2 nitrogen and oxygen atoms in total. The maximum atomic E-state index is 11.6. The highest BCUT2D eigenvalue weighted by Crippen LogP contribution is 2.44. The van der Waals surface area contributed by atoms with Gasteiger partial charge in [-0.05, 0) is 44.9 Å². The minimum absolute atomic E-state index is 0.178. The third-order valence-electron chi connectivity index (χ3n) is 3.83. The monoisotopic (exact) mass is 182 g/mol. The number of ketones is 1. The molecule has 0 aromatic rings. The Morgan fingerprint density at radius 2 is 2.15 bits per heavy atom. The molecule has 0 heterocycles. The van der Waals surface area contributed by atoms with E-state index in [9.17, 15) is 9.90 Å². The Labute approximate surface area is 79.3 Å². The van der Waals surface area contributed by atoms with Crippen molar-refractivity contribution in [2.24, 2.45) is 11.8 Å². The van der Waals surface area contributed by atoms with Gasteiger partial charge >= 0.3 is 0 Å². The number of aliphatic hydroxyl groups is 1. The molecule has 0 bridgehead atoms. The fourth-order valence-electron chi connectivity index (χ4n) is 3.08. The molecule has 2 heteroatoms. The van der Waals surface area contributed by atoms with E-state index in [0.717, 1.165) is 38.5 Å². The zero-order valence-corrected chi connectivity index (χ0v) is 8.25. The van der Waals surface area contributed by atoms with Gasteiger partial charge in [0.1, 0.15) is 5.78 Å². The van der Waals surface area contributed by atoms with Gasteiger partial charge in [0.2, 0.25) is 0 Å². The van der Waals surface area contributed by atoms with Crippen LogP contribution in [0.25, 0.3) is 0 Å². The van der Waals surface area contributed by atoms with Crippen molar-refractivity contribution in [3.8, 4) is 0 Å². The standard InChI is InChI=1S/C11H18O2/c1-11(13)7-3-4-8-9(11)5-2-6-10(8)12/h8-9,13H,2-7H2,1H3/t8-,9+,11+/m1/s1. The number of Topliss-reactive ketones (excluding diaryl/α,β-unsaturated/α-hetero) is 1. The lowest BCUT2D eigenvalue weighted by Gasteiger charge is -2.44. The lowest BCUT2D eigenvalue weighted by atomic mass is 9.63. The fraction of sp³-hybridized carbons (Fsp3) is 0.909. The number of fused-ring (bicyclic) bond motifs is 1. The molecule has 74 valence electrons. The molecule has 0 radical (unpaired) electrons. The molecule has 0 aliphatic heterocycles. The summed E-state index contributed by atoms with van der Waals surface area (Å²) in [5.41, 5.74) is -0.570. The topological polar surface area (TPSA) is 37.3 Å². The first-order valence-electron chi connectivity index (χ1n) is 5.36. The van der Waals surface area contributed by atoms with Crippen LogP contribution in [-0.4, -0.2) is 16.5 Å². The van der Waals surface area contributed by atoms with E-state index in [2.05, 4.69) is 0 Å². The Hall–Kier alpha value is -0.370. The highest BCUT2D eigenvalue weighted by molar-refractivity contribution is 5.82. The van der Waals surface area contributed by atoms with Crippen molar-refractivity contribution in [2.45, 2.75) is 51.0 Å². The van der Waals surface area contributed by atoms with E-state index < -0.39 is 5.60 Å². The second-order valence-corrected chi connectivity index (χ2v) is 4.82. The number of hydrogen-bond acceptors (Lipinski definition) is 2. The summed E-state index contributed by atoms with van der Waals surface area (Å²) >= 11 is 0. The van der Waals surface area contributed by atoms with E-state index in [0.29, 0.717) is 5.78 Å². The van der Waals surface area contributed by atoms with Crippen molar-refractivity contribution in [1.29, 1.82) is 0 Å². The normalized spacial score (nSPS) is 45.8. The van der Waals surface area contributed by atoms with Gasteiger partial charge in [0, 0.05) is 12.3 Å². The Morgan fingerprint density at radius 1 is 1.38 bits per heavy atom. The summed E-state index contributed by atoms with van der Waals surface area (Å²) in [6, 6.07) is 0. The van der Waals surface area contributed by atoms with Crippen LogP contribution in [0.2, 0.25) is 0 Å². The van der Waals surface area contributed by atoms with Crippen LogP contribution in [0.4, 0.5) is 0 Å². The molecule has 0 unspecified atom stereocenters. The molecule has 13 heavy (non-hydrogen) atoms. The molecular formula is C11H18O2. The number of carbonyl (C=O) groups excluding carboxylic acids is 1. The molecule has 0 spiro atoms. The van der Waals surface area contributed by atoms with Gasteiger partial charge in [0.15, 0.2) is 0 Å². The summed E-state index contributed by atoms with van der Waals surface area (Å²) in [4.78, 5) is 11.6. The average molecular weight is 182 g/mol. The first-order chi connectivity index (χ1) is 6.11. The van der Waals surface area contributed by atoms with E-state index in [4.69, 9.17) is 0 Å². The van der Waals surface area contributed by atoms with Gasteiger partial charge in [-0.3, -0.25) is 4.79 Å².